The summed E-state index contributed by atoms with van der Waals surface area (Å²) in [6.45, 7) is 2.94. The topological polar surface area (TPSA) is 61.4 Å². The summed E-state index contributed by atoms with van der Waals surface area (Å²) >= 11 is 1.79. The van der Waals surface area contributed by atoms with Gasteiger partial charge in [0.05, 0.1) is 0 Å². The van der Waals surface area contributed by atoms with Gasteiger partial charge in [0.1, 0.15) is 0 Å². The molecule has 0 spiro atoms. The Balaban J connectivity index is 1.37. The second kappa shape index (κ2) is 9.05. The molecule has 0 radical (unpaired) electrons. The van der Waals surface area contributed by atoms with Crippen molar-refractivity contribution in [2.24, 2.45) is 0 Å². The van der Waals surface area contributed by atoms with Crippen LogP contribution in [0.25, 0.3) is 0 Å². The van der Waals surface area contributed by atoms with Crippen LogP contribution in [0.5, 0.6) is 0 Å². The number of piperidine rings is 1. The lowest BCUT2D eigenvalue weighted by atomic mass is 9.95. The number of benzene rings is 1. The fourth-order valence-corrected chi connectivity index (χ4v) is 4.03. The third-order valence-electron chi connectivity index (χ3n) is 4.63. The maximum Gasteiger partial charge on any atom is 0.313 e. The predicted molar refractivity (Wildman–Crippen MR) is 101 cm³/mol. The normalized spacial score (nSPS) is 15.5. The van der Waals surface area contributed by atoms with Crippen LogP contribution < -0.4 is 10.6 Å². The molecule has 0 aliphatic carbocycles. The van der Waals surface area contributed by atoms with E-state index in [4.69, 9.17) is 0 Å². The van der Waals surface area contributed by atoms with Crippen molar-refractivity contribution in [1.29, 1.82) is 0 Å². The van der Waals surface area contributed by atoms with Gasteiger partial charge in [-0.05, 0) is 55.4 Å². The van der Waals surface area contributed by atoms with Gasteiger partial charge >= 0.3 is 11.8 Å². The summed E-state index contributed by atoms with van der Waals surface area (Å²) in [4.78, 5) is 27.3. The molecule has 2 amide bonds. The van der Waals surface area contributed by atoms with Crippen molar-refractivity contribution in [1.82, 2.24) is 10.2 Å². The molecular weight excluding hydrogens is 372 g/mol. The molecule has 1 aromatic heterocycles. The third kappa shape index (κ3) is 5.33. The molecule has 1 aromatic carbocycles. The summed E-state index contributed by atoms with van der Waals surface area (Å²) in [5, 5.41) is 6.91. The molecule has 1 aliphatic rings. The summed E-state index contributed by atoms with van der Waals surface area (Å²) in [6, 6.07) is 7.17. The Labute approximate surface area is 160 Å². The van der Waals surface area contributed by atoms with Crippen LogP contribution in [-0.4, -0.2) is 42.9 Å². The number of halogens is 2. The molecule has 3 rings (SSSR count). The van der Waals surface area contributed by atoms with Crippen molar-refractivity contribution in [2.45, 2.75) is 18.8 Å². The number of amides is 2. The Hall–Kier alpha value is -2.32. The van der Waals surface area contributed by atoms with Crippen LogP contribution in [0.3, 0.4) is 0 Å². The molecule has 2 aromatic rings. The van der Waals surface area contributed by atoms with E-state index in [1.54, 1.807) is 11.3 Å². The molecule has 0 unspecified atom stereocenters. The smallest absolute Gasteiger partial charge is 0.313 e. The van der Waals surface area contributed by atoms with E-state index in [0.29, 0.717) is 19.0 Å². The summed E-state index contributed by atoms with van der Waals surface area (Å²) < 4.78 is 26.0. The molecule has 1 fully saturated rings. The lowest BCUT2D eigenvalue weighted by Gasteiger charge is -2.31. The molecule has 144 valence electrons. The molecule has 0 atom stereocenters. The van der Waals surface area contributed by atoms with Gasteiger partial charge < -0.3 is 15.5 Å². The van der Waals surface area contributed by atoms with Gasteiger partial charge in [-0.25, -0.2) is 8.78 Å². The van der Waals surface area contributed by atoms with Crippen LogP contribution in [0.1, 0.15) is 23.6 Å². The first-order valence-electron chi connectivity index (χ1n) is 8.83. The fourth-order valence-electron chi connectivity index (χ4n) is 3.13. The number of thiophene rings is 1. The summed E-state index contributed by atoms with van der Waals surface area (Å²) in [7, 11) is 0. The van der Waals surface area contributed by atoms with Crippen LogP contribution in [0.15, 0.2) is 35.7 Å². The standard InChI is InChI=1S/C19H21F2N3O2S/c20-15-4-3-14(12-16(15)21)23-19(26)18(25)22-7-10-24-8-5-13(6-9-24)17-2-1-11-27-17/h1-4,11-13H,5-10H2,(H,22,25)(H,23,26). The fraction of sp³-hybridized carbons (Fsp3) is 0.368. The minimum atomic E-state index is -1.08. The monoisotopic (exact) mass is 393 g/mol. The molecule has 27 heavy (non-hydrogen) atoms. The average molecular weight is 393 g/mol. The highest BCUT2D eigenvalue weighted by atomic mass is 32.1. The van der Waals surface area contributed by atoms with Gasteiger partial charge in [0.25, 0.3) is 0 Å². The van der Waals surface area contributed by atoms with Crippen molar-refractivity contribution < 1.29 is 18.4 Å². The summed E-state index contributed by atoms with van der Waals surface area (Å²) in [6.07, 6.45) is 2.18. The van der Waals surface area contributed by atoms with E-state index in [-0.39, 0.29) is 5.69 Å². The number of anilines is 1. The van der Waals surface area contributed by atoms with Crippen LogP contribution in [0, 0.1) is 11.6 Å². The van der Waals surface area contributed by atoms with E-state index < -0.39 is 23.4 Å². The minimum Gasteiger partial charge on any atom is -0.347 e. The number of hydrogen-bond donors (Lipinski definition) is 2. The zero-order valence-electron chi connectivity index (χ0n) is 14.7. The van der Waals surface area contributed by atoms with Crippen LogP contribution in [-0.2, 0) is 9.59 Å². The van der Waals surface area contributed by atoms with Crippen molar-refractivity contribution in [2.75, 3.05) is 31.5 Å². The number of rotatable bonds is 5. The molecule has 1 saturated heterocycles. The Kier molecular flexibility index (Phi) is 6.52. The van der Waals surface area contributed by atoms with Crippen LogP contribution in [0.2, 0.25) is 0 Å². The number of nitrogens with zero attached hydrogens (tertiary/aromatic N) is 1. The van der Waals surface area contributed by atoms with Gasteiger partial charge in [-0.1, -0.05) is 6.07 Å². The van der Waals surface area contributed by atoms with Crippen molar-refractivity contribution in [3.63, 3.8) is 0 Å². The second-order valence-corrected chi connectivity index (χ2v) is 7.45. The number of carbonyl (C=O) groups is 2. The Morgan fingerprint density at radius 2 is 1.89 bits per heavy atom. The van der Waals surface area contributed by atoms with Gasteiger partial charge in [-0.15, -0.1) is 11.3 Å². The Morgan fingerprint density at radius 3 is 2.56 bits per heavy atom. The van der Waals surface area contributed by atoms with Gasteiger partial charge in [0.2, 0.25) is 0 Å². The van der Waals surface area contributed by atoms with Crippen molar-refractivity contribution in [3.05, 3.63) is 52.2 Å². The van der Waals surface area contributed by atoms with E-state index >= 15 is 0 Å². The van der Waals surface area contributed by atoms with Crippen LogP contribution in [0.4, 0.5) is 14.5 Å². The molecule has 2 N–H and O–H groups in total. The zero-order valence-corrected chi connectivity index (χ0v) is 15.5. The SMILES string of the molecule is O=C(NCCN1CCC(c2cccs2)CC1)C(=O)Nc1ccc(F)c(F)c1. The molecular formula is C19H21F2N3O2S. The quantitative estimate of drug-likeness (QED) is 0.768. The first kappa shape index (κ1) is 19.4. The van der Waals surface area contributed by atoms with E-state index in [1.165, 1.54) is 10.9 Å². The lowest BCUT2D eigenvalue weighted by molar-refractivity contribution is -0.136. The molecule has 0 bridgehead atoms. The van der Waals surface area contributed by atoms with Gasteiger partial charge in [0.15, 0.2) is 11.6 Å². The molecule has 2 heterocycles. The maximum atomic E-state index is 13.1. The van der Waals surface area contributed by atoms with Crippen molar-refractivity contribution >= 4 is 28.8 Å². The van der Waals surface area contributed by atoms with E-state index in [1.807, 2.05) is 0 Å². The largest absolute Gasteiger partial charge is 0.347 e. The number of nitrogens with one attached hydrogen (secondary N) is 2. The number of likely N-dealkylation sites (tertiary alicyclic amines) is 1. The van der Waals surface area contributed by atoms with Crippen LogP contribution >= 0.6 is 11.3 Å². The summed E-state index contributed by atoms with van der Waals surface area (Å²) in [5.74, 6) is -3.19. The van der Waals surface area contributed by atoms with Gasteiger partial charge in [-0.2, -0.15) is 0 Å². The lowest BCUT2D eigenvalue weighted by Crippen LogP contribution is -2.42. The highest BCUT2D eigenvalue weighted by Crippen LogP contribution is 2.30. The zero-order chi connectivity index (χ0) is 19.2. The first-order valence-corrected chi connectivity index (χ1v) is 9.71. The highest BCUT2D eigenvalue weighted by Gasteiger charge is 2.21. The predicted octanol–water partition coefficient (Wildman–Crippen LogP) is 2.96. The highest BCUT2D eigenvalue weighted by molar-refractivity contribution is 7.10. The van der Waals surface area contributed by atoms with Crippen molar-refractivity contribution in [3.8, 4) is 0 Å². The van der Waals surface area contributed by atoms with Gasteiger partial charge in [0, 0.05) is 29.7 Å². The molecule has 1 aliphatic heterocycles. The molecule has 0 saturated carbocycles. The molecule has 5 nitrogen and oxygen atoms in total. The Bertz CT molecular complexity index is 790. The Morgan fingerprint density at radius 1 is 1.11 bits per heavy atom. The minimum absolute atomic E-state index is 0.0321. The second-order valence-electron chi connectivity index (χ2n) is 6.47. The van der Waals surface area contributed by atoms with E-state index in [2.05, 4.69) is 33.0 Å². The average Bonchev–Trinajstić information content (AvgIpc) is 3.20. The first-order chi connectivity index (χ1) is 13.0. The molecule has 8 heteroatoms. The summed E-state index contributed by atoms with van der Waals surface area (Å²) in [5.41, 5.74) is 0.0321. The van der Waals surface area contributed by atoms with Gasteiger partial charge in [-0.3, -0.25) is 9.59 Å². The number of carbonyl (C=O) groups excluding carboxylic acids is 2. The van der Waals surface area contributed by atoms with E-state index in [9.17, 15) is 18.4 Å². The maximum absolute atomic E-state index is 13.1. The number of hydrogen-bond acceptors (Lipinski definition) is 4. The third-order valence-corrected chi connectivity index (χ3v) is 5.67. The van der Waals surface area contributed by atoms with E-state index in [0.717, 1.165) is 38.1 Å².